The summed E-state index contributed by atoms with van der Waals surface area (Å²) in [6, 6.07) is 10.0. The van der Waals surface area contributed by atoms with E-state index in [-0.39, 0.29) is 5.84 Å². The molecule has 3 nitrogen and oxygen atoms in total. The number of benzene rings is 1. The second kappa shape index (κ2) is 5.80. The Morgan fingerprint density at radius 3 is 2.39 bits per heavy atom. The minimum Gasteiger partial charge on any atom is -0.384 e. The van der Waals surface area contributed by atoms with Crippen LogP contribution in [0.3, 0.4) is 0 Å². The zero-order valence-electron chi connectivity index (χ0n) is 10.4. The minimum atomic E-state index is 0.119. The standard InChI is InChI=1S/C14H17N3S/c1-17(9-12-6-7-18-10-12)8-11-2-4-13(5-3-11)14(15)16/h2-7,10H,8-9H2,1H3,(H3,15,16). The highest BCUT2D eigenvalue weighted by Gasteiger charge is 2.03. The first-order valence-electron chi connectivity index (χ1n) is 5.78. The molecule has 4 heteroatoms. The van der Waals surface area contributed by atoms with Crippen molar-refractivity contribution in [3.8, 4) is 0 Å². The van der Waals surface area contributed by atoms with Crippen molar-refractivity contribution in [3.05, 3.63) is 57.8 Å². The largest absolute Gasteiger partial charge is 0.384 e. The maximum absolute atomic E-state index is 7.35. The Bertz CT molecular complexity index is 502. The predicted molar refractivity (Wildman–Crippen MR) is 76.9 cm³/mol. The fourth-order valence-corrected chi connectivity index (χ4v) is 2.51. The summed E-state index contributed by atoms with van der Waals surface area (Å²) in [5.74, 6) is 0.119. The second-order valence-corrected chi connectivity index (χ2v) is 5.19. The van der Waals surface area contributed by atoms with Crippen molar-refractivity contribution in [1.82, 2.24) is 4.90 Å². The van der Waals surface area contributed by atoms with Gasteiger partial charge in [-0.15, -0.1) is 0 Å². The number of amidine groups is 1. The van der Waals surface area contributed by atoms with Crippen molar-refractivity contribution in [2.24, 2.45) is 5.73 Å². The molecule has 0 spiro atoms. The lowest BCUT2D eigenvalue weighted by Crippen LogP contribution is -2.17. The number of nitrogen functional groups attached to an aromatic ring is 1. The van der Waals surface area contributed by atoms with Gasteiger partial charge in [-0.2, -0.15) is 11.3 Å². The Hall–Kier alpha value is -1.65. The maximum atomic E-state index is 7.35. The molecule has 0 atom stereocenters. The van der Waals surface area contributed by atoms with E-state index >= 15 is 0 Å². The Balaban J connectivity index is 1.94. The first kappa shape index (κ1) is 12.8. The summed E-state index contributed by atoms with van der Waals surface area (Å²) in [6.45, 7) is 1.85. The van der Waals surface area contributed by atoms with Gasteiger partial charge in [-0.25, -0.2) is 0 Å². The van der Waals surface area contributed by atoms with E-state index in [1.54, 1.807) is 11.3 Å². The van der Waals surface area contributed by atoms with Gasteiger partial charge >= 0.3 is 0 Å². The molecule has 0 amide bonds. The lowest BCUT2D eigenvalue weighted by Gasteiger charge is -2.16. The minimum absolute atomic E-state index is 0.119. The third kappa shape index (κ3) is 3.42. The van der Waals surface area contributed by atoms with Crippen LogP contribution < -0.4 is 5.73 Å². The lowest BCUT2D eigenvalue weighted by atomic mass is 10.1. The number of nitrogens with two attached hydrogens (primary N) is 1. The van der Waals surface area contributed by atoms with Crippen LogP contribution in [0.4, 0.5) is 0 Å². The first-order chi connectivity index (χ1) is 8.65. The Morgan fingerprint density at radius 1 is 1.17 bits per heavy atom. The highest BCUT2D eigenvalue weighted by Crippen LogP contribution is 2.11. The quantitative estimate of drug-likeness (QED) is 0.640. The molecule has 18 heavy (non-hydrogen) atoms. The van der Waals surface area contributed by atoms with Gasteiger partial charge in [0.2, 0.25) is 0 Å². The molecule has 0 aliphatic carbocycles. The van der Waals surface area contributed by atoms with Crippen LogP contribution in [0.2, 0.25) is 0 Å². The number of nitrogens with one attached hydrogen (secondary N) is 1. The van der Waals surface area contributed by atoms with Gasteiger partial charge in [0, 0.05) is 18.7 Å². The summed E-state index contributed by atoms with van der Waals surface area (Å²) in [5.41, 5.74) is 8.79. The number of thiophene rings is 1. The number of rotatable bonds is 5. The molecule has 2 rings (SSSR count). The fourth-order valence-electron chi connectivity index (χ4n) is 1.85. The Morgan fingerprint density at radius 2 is 1.83 bits per heavy atom. The Kier molecular flexibility index (Phi) is 4.12. The smallest absolute Gasteiger partial charge is 0.122 e. The van der Waals surface area contributed by atoms with Crippen LogP contribution in [-0.4, -0.2) is 17.8 Å². The molecule has 94 valence electrons. The van der Waals surface area contributed by atoms with E-state index in [2.05, 4.69) is 28.8 Å². The number of hydrogen-bond donors (Lipinski definition) is 2. The van der Waals surface area contributed by atoms with Crippen molar-refractivity contribution in [1.29, 1.82) is 5.41 Å². The van der Waals surface area contributed by atoms with Gasteiger partial charge < -0.3 is 5.73 Å². The van der Waals surface area contributed by atoms with E-state index in [1.807, 2.05) is 24.3 Å². The molecule has 0 unspecified atom stereocenters. The van der Waals surface area contributed by atoms with Crippen molar-refractivity contribution >= 4 is 17.2 Å². The molecule has 0 fully saturated rings. The van der Waals surface area contributed by atoms with Crippen LogP contribution in [0.5, 0.6) is 0 Å². The fraction of sp³-hybridized carbons (Fsp3) is 0.214. The Labute approximate surface area is 111 Å². The van der Waals surface area contributed by atoms with Crippen LogP contribution in [0.1, 0.15) is 16.7 Å². The van der Waals surface area contributed by atoms with Crippen molar-refractivity contribution in [2.45, 2.75) is 13.1 Å². The summed E-state index contributed by atoms with van der Waals surface area (Å²) in [4.78, 5) is 2.27. The van der Waals surface area contributed by atoms with Gasteiger partial charge in [0.15, 0.2) is 0 Å². The summed E-state index contributed by atoms with van der Waals surface area (Å²) >= 11 is 1.73. The number of nitrogens with zero attached hydrogens (tertiary/aromatic N) is 1. The van der Waals surface area contributed by atoms with Gasteiger partial charge in [-0.05, 0) is 35.0 Å². The highest BCUT2D eigenvalue weighted by atomic mass is 32.1. The molecule has 0 aliphatic heterocycles. The molecule has 0 aliphatic rings. The SMILES string of the molecule is CN(Cc1ccc(C(=N)N)cc1)Cc1ccsc1. The molecule has 0 bridgehead atoms. The second-order valence-electron chi connectivity index (χ2n) is 4.41. The third-order valence-corrected chi connectivity index (χ3v) is 3.48. The molecular weight excluding hydrogens is 242 g/mol. The molecule has 1 aromatic carbocycles. The van der Waals surface area contributed by atoms with Crippen molar-refractivity contribution < 1.29 is 0 Å². The predicted octanol–water partition coefficient (Wildman–Crippen LogP) is 2.66. The third-order valence-electron chi connectivity index (χ3n) is 2.75. The highest BCUT2D eigenvalue weighted by molar-refractivity contribution is 7.07. The van der Waals surface area contributed by atoms with Gasteiger partial charge in [0.25, 0.3) is 0 Å². The molecule has 2 aromatic rings. The van der Waals surface area contributed by atoms with Gasteiger partial charge in [0.05, 0.1) is 0 Å². The van der Waals surface area contributed by atoms with Crippen molar-refractivity contribution in [3.63, 3.8) is 0 Å². The van der Waals surface area contributed by atoms with Crippen molar-refractivity contribution in [2.75, 3.05) is 7.05 Å². The first-order valence-corrected chi connectivity index (χ1v) is 6.72. The summed E-state index contributed by atoms with van der Waals surface area (Å²) in [5, 5.41) is 11.6. The maximum Gasteiger partial charge on any atom is 0.122 e. The van der Waals surface area contributed by atoms with Crippen LogP contribution in [-0.2, 0) is 13.1 Å². The molecule has 3 N–H and O–H groups in total. The monoisotopic (exact) mass is 259 g/mol. The normalized spacial score (nSPS) is 10.8. The summed E-state index contributed by atoms with van der Waals surface area (Å²) in [7, 11) is 2.11. The number of hydrogen-bond acceptors (Lipinski definition) is 3. The van der Waals surface area contributed by atoms with E-state index < -0.39 is 0 Å². The van der Waals surface area contributed by atoms with E-state index in [1.165, 1.54) is 11.1 Å². The molecule has 1 heterocycles. The van der Waals surface area contributed by atoms with Crippen LogP contribution in [0.15, 0.2) is 41.1 Å². The topological polar surface area (TPSA) is 53.1 Å². The molecule has 0 radical (unpaired) electrons. The molecular formula is C14H17N3S. The molecule has 0 saturated carbocycles. The summed E-state index contributed by atoms with van der Waals surface area (Å²) in [6.07, 6.45) is 0. The average Bonchev–Trinajstić information content (AvgIpc) is 2.82. The zero-order valence-corrected chi connectivity index (χ0v) is 11.2. The van der Waals surface area contributed by atoms with Crippen LogP contribution in [0, 0.1) is 5.41 Å². The van der Waals surface area contributed by atoms with E-state index in [9.17, 15) is 0 Å². The zero-order chi connectivity index (χ0) is 13.0. The van der Waals surface area contributed by atoms with Gasteiger partial charge in [-0.3, -0.25) is 10.3 Å². The van der Waals surface area contributed by atoms with E-state index in [4.69, 9.17) is 11.1 Å². The van der Waals surface area contributed by atoms with Crippen LogP contribution >= 0.6 is 11.3 Å². The summed E-state index contributed by atoms with van der Waals surface area (Å²) < 4.78 is 0. The average molecular weight is 259 g/mol. The van der Waals surface area contributed by atoms with Crippen LogP contribution in [0.25, 0.3) is 0 Å². The van der Waals surface area contributed by atoms with Gasteiger partial charge in [-0.1, -0.05) is 24.3 Å². The molecule has 1 aromatic heterocycles. The van der Waals surface area contributed by atoms with E-state index in [0.29, 0.717) is 0 Å². The van der Waals surface area contributed by atoms with E-state index in [0.717, 1.165) is 18.7 Å². The van der Waals surface area contributed by atoms with Gasteiger partial charge in [0.1, 0.15) is 5.84 Å². The molecule has 0 saturated heterocycles. The lowest BCUT2D eigenvalue weighted by molar-refractivity contribution is 0.319.